The number of nitrogens with zero attached hydrogens (tertiary/aromatic N) is 3. The second kappa shape index (κ2) is 6.13. The number of nitro groups is 1. The van der Waals surface area contributed by atoms with Crippen molar-refractivity contribution in [2.45, 2.75) is 25.8 Å². The topological polar surface area (TPSA) is 122 Å². The molecule has 0 aliphatic carbocycles. The molecule has 2 rings (SSSR count). The zero-order valence-corrected chi connectivity index (χ0v) is 11.0. The second-order valence-electron chi connectivity index (χ2n) is 4.39. The predicted molar refractivity (Wildman–Crippen MR) is 72.5 cm³/mol. The van der Waals surface area contributed by atoms with Gasteiger partial charge in [-0.15, -0.1) is 0 Å². The zero-order chi connectivity index (χ0) is 14.5. The lowest BCUT2D eigenvalue weighted by Gasteiger charge is -2.12. The van der Waals surface area contributed by atoms with E-state index in [9.17, 15) is 14.9 Å². The van der Waals surface area contributed by atoms with E-state index >= 15 is 0 Å². The van der Waals surface area contributed by atoms with Gasteiger partial charge in [0.05, 0.1) is 4.92 Å². The first-order valence-electron chi connectivity index (χ1n) is 6.38. The van der Waals surface area contributed by atoms with Crippen LogP contribution in [-0.4, -0.2) is 39.9 Å². The molecule has 1 atom stereocenters. The molecule has 1 aliphatic heterocycles. The average Bonchev–Trinajstić information content (AvgIpc) is 2.82. The van der Waals surface area contributed by atoms with Gasteiger partial charge in [0, 0.05) is 25.6 Å². The quantitative estimate of drug-likeness (QED) is 0.512. The van der Waals surface area contributed by atoms with E-state index in [0.717, 1.165) is 0 Å². The molecule has 3 N–H and O–H groups in total. The van der Waals surface area contributed by atoms with Crippen molar-refractivity contribution in [1.29, 1.82) is 0 Å². The summed E-state index contributed by atoms with van der Waals surface area (Å²) < 4.78 is 0. The summed E-state index contributed by atoms with van der Waals surface area (Å²) in [6, 6.07) is -0.0281. The van der Waals surface area contributed by atoms with Gasteiger partial charge in [0.2, 0.25) is 17.5 Å². The Hall–Kier alpha value is -2.45. The fraction of sp³-hybridized carbons (Fsp3) is 0.545. The second-order valence-corrected chi connectivity index (χ2v) is 4.39. The van der Waals surface area contributed by atoms with Crippen LogP contribution in [0.2, 0.25) is 0 Å². The van der Waals surface area contributed by atoms with Crippen molar-refractivity contribution in [3.8, 4) is 0 Å². The van der Waals surface area contributed by atoms with Crippen molar-refractivity contribution in [2.24, 2.45) is 0 Å². The molecule has 1 aromatic rings. The highest BCUT2D eigenvalue weighted by Gasteiger charge is 2.25. The Morgan fingerprint density at radius 3 is 2.70 bits per heavy atom. The first kappa shape index (κ1) is 14.0. The molecule has 0 saturated carbocycles. The Kier molecular flexibility index (Phi) is 4.28. The third-order valence-corrected chi connectivity index (χ3v) is 2.95. The molecule has 2 heterocycles. The van der Waals surface area contributed by atoms with Crippen LogP contribution >= 0.6 is 0 Å². The van der Waals surface area contributed by atoms with E-state index in [-0.39, 0.29) is 29.3 Å². The highest BCUT2D eigenvalue weighted by molar-refractivity contribution is 5.78. The molecule has 1 saturated heterocycles. The van der Waals surface area contributed by atoms with Crippen molar-refractivity contribution in [1.82, 2.24) is 15.3 Å². The average molecular weight is 280 g/mol. The molecule has 1 aromatic heterocycles. The standard InChI is InChI=1S/C11H16N6O3/c1-2-12-10-9(17(19)20)11(15-6-14-10)13-5-7-3-4-8(18)16-7/h6-7H,2-5H2,1H3,(H,16,18)(H2,12,13,14,15). The molecule has 20 heavy (non-hydrogen) atoms. The predicted octanol–water partition coefficient (Wildman–Crippen LogP) is 0.507. The van der Waals surface area contributed by atoms with Crippen LogP contribution in [0.25, 0.3) is 0 Å². The monoisotopic (exact) mass is 280 g/mol. The van der Waals surface area contributed by atoms with E-state index in [4.69, 9.17) is 0 Å². The van der Waals surface area contributed by atoms with E-state index in [1.54, 1.807) is 0 Å². The molecular formula is C11H16N6O3. The smallest absolute Gasteiger partial charge is 0.353 e. The molecule has 9 nitrogen and oxygen atoms in total. The van der Waals surface area contributed by atoms with Gasteiger partial charge < -0.3 is 16.0 Å². The lowest BCUT2D eigenvalue weighted by Crippen LogP contribution is -2.32. The fourth-order valence-electron chi connectivity index (χ4n) is 2.03. The fourth-order valence-corrected chi connectivity index (χ4v) is 2.03. The molecule has 0 spiro atoms. The van der Waals surface area contributed by atoms with Gasteiger partial charge in [0.1, 0.15) is 6.33 Å². The molecule has 0 radical (unpaired) electrons. The maximum absolute atomic E-state index is 11.1. The molecular weight excluding hydrogens is 264 g/mol. The highest BCUT2D eigenvalue weighted by Crippen LogP contribution is 2.28. The Labute approximate surface area is 115 Å². The van der Waals surface area contributed by atoms with Crippen LogP contribution in [0.15, 0.2) is 6.33 Å². The minimum absolute atomic E-state index is 0.00215. The molecule has 1 amide bonds. The summed E-state index contributed by atoms with van der Waals surface area (Å²) in [6.07, 6.45) is 2.46. The van der Waals surface area contributed by atoms with Crippen LogP contribution in [-0.2, 0) is 4.79 Å². The summed E-state index contributed by atoms with van der Waals surface area (Å²) in [5.74, 6) is 0.342. The number of nitrogens with one attached hydrogen (secondary N) is 3. The van der Waals surface area contributed by atoms with Crippen molar-refractivity contribution in [3.05, 3.63) is 16.4 Å². The van der Waals surface area contributed by atoms with E-state index < -0.39 is 4.92 Å². The van der Waals surface area contributed by atoms with Crippen molar-refractivity contribution >= 4 is 23.2 Å². The zero-order valence-electron chi connectivity index (χ0n) is 11.0. The van der Waals surface area contributed by atoms with Gasteiger partial charge in [-0.3, -0.25) is 14.9 Å². The van der Waals surface area contributed by atoms with Crippen LogP contribution in [0.3, 0.4) is 0 Å². The first-order valence-corrected chi connectivity index (χ1v) is 6.38. The molecule has 1 unspecified atom stereocenters. The summed E-state index contributed by atoms with van der Waals surface area (Å²) in [5.41, 5.74) is -0.182. The number of carbonyl (C=O) groups is 1. The number of amides is 1. The van der Waals surface area contributed by atoms with E-state index in [1.807, 2.05) is 6.92 Å². The SMILES string of the molecule is CCNc1ncnc(NCC2CCC(=O)N2)c1[N+](=O)[O-]. The Morgan fingerprint density at radius 1 is 1.45 bits per heavy atom. The maximum atomic E-state index is 11.1. The minimum atomic E-state index is -0.520. The normalized spacial score (nSPS) is 17.6. The molecule has 0 aromatic carbocycles. The molecule has 9 heteroatoms. The summed E-state index contributed by atoms with van der Waals surface area (Å²) in [4.78, 5) is 29.5. The van der Waals surface area contributed by atoms with Gasteiger partial charge in [-0.2, -0.15) is 0 Å². The molecule has 108 valence electrons. The third kappa shape index (κ3) is 3.11. The molecule has 0 bridgehead atoms. The summed E-state index contributed by atoms with van der Waals surface area (Å²) in [5, 5.41) is 19.7. The number of aromatic nitrogens is 2. The van der Waals surface area contributed by atoms with Gasteiger partial charge in [-0.25, -0.2) is 9.97 Å². The van der Waals surface area contributed by atoms with Crippen molar-refractivity contribution < 1.29 is 9.72 Å². The lowest BCUT2D eigenvalue weighted by atomic mass is 10.2. The Balaban J connectivity index is 2.12. The van der Waals surface area contributed by atoms with Crippen LogP contribution in [0.5, 0.6) is 0 Å². The maximum Gasteiger partial charge on any atom is 0.353 e. The van der Waals surface area contributed by atoms with Crippen molar-refractivity contribution in [2.75, 3.05) is 23.7 Å². The van der Waals surface area contributed by atoms with Crippen LogP contribution in [0.1, 0.15) is 19.8 Å². The minimum Gasteiger partial charge on any atom is -0.364 e. The van der Waals surface area contributed by atoms with E-state index in [0.29, 0.717) is 25.9 Å². The number of rotatable bonds is 6. The first-order chi connectivity index (χ1) is 9.61. The summed E-state index contributed by atoms with van der Waals surface area (Å²) in [7, 11) is 0. The van der Waals surface area contributed by atoms with Gasteiger partial charge in [-0.05, 0) is 13.3 Å². The Bertz CT molecular complexity index is 521. The molecule has 1 aliphatic rings. The van der Waals surface area contributed by atoms with Crippen LogP contribution in [0, 0.1) is 10.1 Å². The largest absolute Gasteiger partial charge is 0.364 e. The molecule has 1 fully saturated rings. The summed E-state index contributed by atoms with van der Waals surface area (Å²) in [6.45, 7) is 2.75. The van der Waals surface area contributed by atoms with Gasteiger partial charge in [0.15, 0.2) is 0 Å². The highest BCUT2D eigenvalue weighted by atomic mass is 16.6. The summed E-state index contributed by atoms with van der Waals surface area (Å²) >= 11 is 0. The third-order valence-electron chi connectivity index (χ3n) is 2.95. The van der Waals surface area contributed by atoms with Gasteiger partial charge >= 0.3 is 5.69 Å². The van der Waals surface area contributed by atoms with E-state index in [1.165, 1.54) is 6.33 Å². The number of carbonyl (C=O) groups excluding carboxylic acids is 1. The number of anilines is 2. The van der Waals surface area contributed by atoms with Crippen LogP contribution < -0.4 is 16.0 Å². The van der Waals surface area contributed by atoms with Gasteiger partial charge in [-0.1, -0.05) is 0 Å². The van der Waals surface area contributed by atoms with Crippen molar-refractivity contribution in [3.63, 3.8) is 0 Å². The van der Waals surface area contributed by atoms with Gasteiger partial charge in [0.25, 0.3) is 0 Å². The van der Waals surface area contributed by atoms with E-state index in [2.05, 4.69) is 25.9 Å². The number of hydrogen-bond acceptors (Lipinski definition) is 7. The Morgan fingerprint density at radius 2 is 2.15 bits per heavy atom. The van der Waals surface area contributed by atoms with Crippen LogP contribution in [0.4, 0.5) is 17.3 Å². The lowest BCUT2D eigenvalue weighted by molar-refractivity contribution is -0.383. The number of hydrogen-bond donors (Lipinski definition) is 3.